The quantitative estimate of drug-likeness (QED) is 0.898. The Bertz CT molecular complexity index is 418. The molecule has 0 unspecified atom stereocenters. The van der Waals surface area contributed by atoms with E-state index in [0.29, 0.717) is 11.8 Å². The zero-order chi connectivity index (χ0) is 13.2. The topological polar surface area (TPSA) is 37.8 Å². The first-order chi connectivity index (χ1) is 8.50. The first kappa shape index (κ1) is 13.6. The van der Waals surface area contributed by atoms with Gasteiger partial charge in [0.1, 0.15) is 5.82 Å². The largest absolute Gasteiger partial charge is 0.433 e. The normalized spacial score (nSPS) is 16.0. The lowest BCUT2D eigenvalue weighted by molar-refractivity contribution is -0.142. The number of nitrogens with one attached hydrogen (secondary N) is 1. The maximum absolute atomic E-state index is 12.9. The highest BCUT2D eigenvalue weighted by atomic mass is 32.2. The summed E-state index contributed by atoms with van der Waals surface area (Å²) in [4.78, 5) is 7.60. The highest BCUT2D eigenvalue weighted by Crippen LogP contribution is 2.31. The number of nitrogens with zero attached hydrogens (tertiary/aromatic N) is 2. The highest BCUT2D eigenvalue weighted by Gasteiger charge is 2.36. The molecule has 0 aliphatic heterocycles. The van der Waals surface area contributed by atoms with E-state index >= 15 is 0 Å². The summed E-state index contributed by atoms with van der Waals surface area (Å²) in [5.41, 5.74) is -0.686. The zero-order valence-corrected chi connectivity index (χ0v) is 10.7. The van der Waals surface area contributed by atoms with Crippen molar-refractivity contribution in [2.24, 2.45) is 0 Å². The van der Waals surface area contributed by atoms with Gasteiger partial charge in [0.2, 0.25) is 0 Å². The Labute approximate surface area is 108 Å². The molecule has 0 spiro atoms. The van der Waals surface area contributed by atoms with Gasteiger partial charge in [-0.1, -0.05) is 0 Å². The molecule has 0 atom stereocenters. The van der Waals surface area contributed by atoms with Crippen molar-refractivity contribution in [3.63, 3.8) is 0 Å². The first-order valence-electron chi connectivity index (χ1n) is 5.65. The van der Waals surface area contributed by atoms with E-state index in [1.54, 1.807) is 6.26 Å². The molecule has 18 heavy (non-hydrogen) atoms. The Morgan fingerprint density at radius 3 is 2.72 bits per heavy atom. The lowest BCUT2D eigenvalue weighted by Gasteiger charge is -2.13. The van der Waals surface area contributed by atoms with Crippen molar-refractivity contribution in [1.29, 1.82) is 0 Å². The molecular weight excluding hydrogens is 263 g/mol. The second-order valence-corrected chi connectivity index (χ2v) is 5.11. The van der Waals surface area contributed by atoms with Gasteiger partial charge in [0.05, 0.1) is 5.75 Å². The molecule has 0 aromatic carbocycles. The van der Waals surface area contributed by atoms with E-state index < -0.39 is 11.9 Å². The van der Waals surface area contributed by atoms with Gasteiger partial charge in [-0.05, 0) is 19.1 Å². The lowest BCUT2D eigenvalue weighted by atomic mass is 10.2. The summed E-state index contributed by atoms with van der Waals surface area (Å²) >= 11 is 1.40. The highest BCUT2D eigenvalue weighted by molar-refractivity contribution is 7.97. The van der Waals surface area contributed by atoms with Gasteiger partial charge in [-0.3, -0.25) is 0 Å². The molecule has 0 amide bonds. The first-order valence-corrected chi connectivity index (χ1v) is 7.04. The van der Waals surface area contributed by atoms with Crippen molar-refractivity contribution < 1.29 is 13.2 Å². The van der Waals surface area contributed by atoms with E-state index in [-0.39, 0.29) is 17.9 Å². The number of thioether (sulfide) groups is 1. The van der Waals surface area contributed by atoms with Gasteiger partial charge in [0.15, 0.2) is 5.69 Å². The fourth-order valence-corrected chi connectivity index (χ4v) is 1.96. The summed E-state index contributed by atoms with van der Waals surface area (Å²) < 4.78 is 38.7. The van der Waals surface area contributed by atoms with Crippen LogP contribution in [0, 0.1) is 0 Å². The van der Waals surface area contributed by atoms with Crippen molar-refractivity contribution in [2.45, 2.75) is 37.4 Å². The van der Waals surface area contributed by atoms with Crippen LogP contribution >= 0.6 is 11.8 Å². The van der Waals surface area contributed by atoms with Crippen molar-refractivity contribution in [3.8, 4) is 0 Å². The fraction of sp³-hybridized carbons (Fsp3) is 0.636. The molecular formula is C11H14F3N3S. The van der Waals surface area contributed by atoms with Gasteiger partial charge in [-0.25, -0.2) is 9.97 Å². The van der Waals surface area contributed by atoms with Crippen LogP contribution in [0.1, 0.15) is 29.9 Å². The predicted molar refractivity (Wildman–Crippen MR) is 64.1 cm³/mol. The zero-order valence-electron chi connectivity index (χ0n) is 9.92. The van der Waals surface area contributed by atoms with E-state index in [4.69, 9.17) is 0 Å². The van der Waals surface area contributed by atoms with Crippen molar-refractivity contribution in [3.05, 3.63) is 23.3 Å². The SMILES string of the molecule is CSCc1ncc(CNC2CC2)c(C(F)(F)F)n1. The van der Waals surface area contributed by atoms with Crippen LogP contribution in [-0.2, 0) is 18.5 Å². The molecule has 1 fully saturated rings. The Hall–Kier alpha value is -0.820. The number of alkyl halides is 3. The minimum absolute atomic E-state index is 0.124. The third kappa shape index (κ3) is 3.58. The summed E-state index contributed by atoms with van der Waals surface area (Å²) in [5.74, 6) is 0.615. The van der Waals surface area contributed by atoms with Crippen LogP contribution in [0.5, 0.6) is 0 Å². The molecule has 1 aliphatic carbocycles. The number of hydrogen-bond acceptors (Lipinski definition) is 4. The molecule has 1 aromatic heterocycles. The van der Waals surface area contributed by atoms with Crippen LogP contribution in [0.25, 0.3) is 0 Å². The van der Waals surface area contributed by atoms with E-state index in [0.717, 1.165) is 12.8 Å². The van der Waals surface area contributed by atoms with E-state index in [9.17, 15) is 13.2 Å². The van der Waals surface area contributed by atoms with Gasteiger partial charge >= 0.3 is 6.18 Å². The Morgan fingerprint density at radius 1 is 1.44 bits per heavy atom. The number of halogens is 3. The van der Waals surface area contributed by atoms with Crippen molar-refractivity contribution >= 4 is 11.8 Å². The molecule has 1 saturated carbocycles. The standard InChI is InChI=1S/C11H14F3N3S/c1-18-6-9-16-5-7(4-15-8-2-3-8)10(17-9)11(12,13)14/h5,8,15H,2-4,6H2,1H3. The van der Waals surface area contributed by atoms with Gasteiger partial charge < -0.3 is 5.32 Å². The van der Waals surface area contributed by atoms with Crippen LogP contribution in [0.3, 0.4) is 0 Å². The maximum atomic E-state index is 12.9. The molecule has 1 aliphatic rings. The van der Waals surface area contributed by atoms with Crippen LogP contribution in [-0.4, -0.2) is 22.3 Å². The molecule has 3 nitrogen and oxygen atoms in total. The average Bonchev–Trinajstić information content (AvgIpc) is 3.10. The molecule has 1 heterocycles. The Morgan fingerprint density at radius 2 is 2.17 bits per heavy atom. The maximum Gasteiger partial charge on any atom is 0.433 e. The second kappa shape index (κ2) is 5.44. The molecule has 1 N–H and O–H groups in total. The predicted octanol–water partition coefficient (Wildman–Crippen LogP) is 2.61. The number of aromatic nitrogens is 2. The molecule has 2 rings (SSSR count). The third-order valence-electron chi connectivity index (χ3n) is 2.61. The van der Waals surface area contributed by atoms with Gasteiger partial charge in [-0.2, -0.15) is 24.9 Å². The van der Waals surface area contributed by atoms with Gasteiger partial charge in [-0.15, -0.1) is 0 Å². The summed E-state index contributed by atoms with van der Waals surface area (Å²) in [6.07, 6.45) is 0.742. The molecule has 1 aromatic rings. The molecule has 100 valence electrons. The fourth-order valence-electron chi connectivity index (χ4n) is 1.56. The summed E-state index contributed by atoms with van der Waals surface area (Å²) in [6.45, 7) is 0.180. The third-order valence-corrected chi connectivity index (χ3v) is 3.16. The number of rotatable bonds is 5. The molecule has 0 saturated heterocycles. The van der Waals surface area contributed by atoms with Crippen LogP contribution in [0.2, 0.25) is 0 Å². The minimum Gasteiger partial charge on any atom is -0.310 e. The van der Waals surface area contributed by atoms with Crippen LogP contribution < -0.4 is 5.32 Å². The lowest BCUT2D eigenvalue weighted by Crippen LogP contribution is -2.21. The summed E-state index contributed by atoms with van der Waals surface area (Å²) in [6, 6.07) is 0.358. The van der Waals surface area contributed by atoms with Crippen LogP contribution in [0.15, 0.2) is 6.20 Å². The van der Waals surface area contributed by atoms with Crippen molar-refractivity contribution in [1.82, 2.24) is 15.3 Å². The van der Waals surface area contributed by atoms with E-state index in [2.05, 4.69) is 15.3 Å². The summed E-state index contributed by atoms with van der Waals surface area (Å²) in [7, 11) is 0. The average molecular weight is 277 g/mol. The minimum atomic E-state index is -4.42. The number of hydrogen-bond donors (Lipinski definition) is 1. The molecule has 0 bridgehead atoms. The molecule has 0 radical (unpaired) electrons. The van der Waals surface area contributed by atoms with Gasteiger partial charge in [0, 0.05) is 24.3 Å². The second-order valence-electron chi connectivity index (χ2n) is 4.25. The van der Waals surface area contributed by atoms with E-state index in [1.807, 2.05) is 0 Å². The monoisotopic (exact) mass is 277 g/mol. The smallest absolute Gasteiger partial charge is 0.310 e. The van der Waals surface area contributed by atoms with Gasteiger partial charge in [0.25, 0.3) is 0 Å². The Kier molecular flexibility index (Phi) is 4.11. The van der Waals surface area contributed by atoms with Crippen LogP contribution in [0.4, 0.5) is 13.2 Å². The van der Waals surface area contributed by atoms with Crippen molar-refractivity contribution in [2.75, 3.05) is 6.26 Å². The molecule has 7 heteroatoms. The Balaban J connectivity index is 2.19. The van der Waals surface area contributed by atoms with E-state index in [1.165, 1.54) is 18.0 Å². The summed E-state index contributed by atoms with van der Waals surface area (Å²) in [5, 5.41) is 3.05.